The Hall–Kier alpha value is -4.28. The second-order valence-electron chi connectivity index (χ2n) is 11.4. The molecule has 0 saturated heterocycles. The minimum atomic E-state index is 0.0373. The molecule has 0 atom stereocenters. The van der Waals surface area contributed by atoms with E-state index < -0.39 is 0 Å². The molecule has 3 nitrogen and oxygen atoms in total. The lowest BCUT2D eigenvalue weighted by molar-refractivity contribution is 0.812. The Kier molecular flexibility index (Phi) is 7.07. The zero-order valence-corrected chi connectivity index (χ0v) is 23.7. The molecule has 0 radical (unpaired) electrons. The summed E-state index contributed by atoms with van der Waals surface area (Å²) in [4.78, 5) is 5.97. The topological polar surface area (TPSA) is 31.4 Å². The summed E-state index contributed by atoms with van der Waals surface area (Å²) >= 11 is 0. The summed E-state index contributed by atoms with van der Waals surface area (Å²) in [5.74, 6) is 1.17. The van der Waals surface area contributed by atoms with Crippen molar-refractivity contribution in [2.75, 3.05) is 4.90 Å². The molecule has 0 saturated carbocycles. The maximum atomic E-state index is 10.1. The van der Waals surface area contributed by atoms with Crippen molar-refractivity contribution < 1.29 is 0 Å². The van der Waals surface area contributed by atoms with Gasteiger partial charge in [-0.05, 0) is 63.6 Å². The van der Waals surface area contributed by atoms with Crippen LogP contribution in [0.4, 0.5) is 22.7 Å². The van der Waals surface area contributed by atoms with Gasteiger partial charge in [0.2, 0.25) is 12.4 Å². The van der Waals surface area contributed by atoms with Crippen LogP contribution in [0.3, 0.4) is 0 Å². The summed E-state index contributed by atoms with van der Waals surface area (Å²) in [6, 6.07) is 29.6. The molecule has 5 rings (SSSR count). The van der Waals surface area contributed by atoms with E-state index in [0.717, 1.165) is 11.4 Å². The molecule has 0 fully saturated rings. The Morgan fingerprint density at radius 3 is 1.74 bits per heavy atom. The molecular formula is C35H34BN3. The van der Waals surface area contributed by atoms with Gasteiger partial charge in [-0.2, -0.15) is 5.26 Å². The first-order chi connectivity index (χ1) is 18.8. The highest BCUT2D eigenvalue weighted by Crippen LogP contribution is 2.43. The monoisotopic (exact) mass is 507 g/mol. The second-order valence-corrected chi connectivity index (χ2v) is 11.4. The highest BCUT2D eigenvalue weighted by Gasteiger charge is 2.39. The largest absolute Gasteiger partial charge is 0.320 e. The standard InChI is InChI=1S/C35H34BN3/c1-22(2)26-19-27(23(3)4)34(28(20-26)24(5)6)36-29-14-8-10-17-32(29)39(33-18-11-9-15-30(33)36)35-25(21-37)13-12-16-31(35)38-7/h8-20,22-24H,1-6H3. The molecular weight excluding hydrogens is 473 g/mol. The van der Waals surface area contributed by atoms with E-state index in [1.54, 1.807) is 18.2 Å². The smallest absolute Gasteiger partial charge is 0.247 e. The van der Waals surface area contributed by atoms with Crippen LogP contribution in [0, 0.1) is 17.9 Å². The van der Waals surface area contributed by atoms with Gasteiger partial charge < -0.3 is 4.90 Å². The molecule has 1 aliphatic heterocycles. The van der Waals surface area contributed by atoms with E-state index in [9.17, 15) is 5.26 Å². The molecule has 0 aromatic heterocycles. The van der Waals surface area contributed by atoms with Crippen LogP contribution in [0.15, 0.2) is 78.9 Å². The van der Waals surface area contributed by atoms with Gasteiger partial charge >= 0.3 is 0 Å². The Bertz CT molecular complexity index is 1530. The first-order valence-electron chi connectivity index (χ1n) is 13.8. The first-order valence-corrected chi connectivity index (χ1v) is 13.8. The summed E-state index contributed by atoms with van der Waals surface area (Å²) in [6.45, 7) is 21.7. The third kappa shape index (κ3) is 4.41. The molecule has 4 heteroatoms. The molecule has 4 aromatic rings. The Morgan fingerprint density at radius 2 is 1.28 bits per heavy atom. The summed E-state index contributed by atoms with van der Waals surface area (Å²) in [5.41, 5.74) is 11.6. The summed E-state index contributed by atoms with van der Waals surface area (Å²) in [6.07, 6.45) is 0. The van der Waals surface area contributed by atoms with Gasteiger partial charge in [-0.15, -0.1) is 0 Å². The van der Waals surface area contributed by atoms with Gasteiger partial charge in [-0.3, -0.25) is 0 Å². The van der Waals surface area contributed by atoms with E-state index in [1.807, 2.05) is 0 Å². The molecule has 4 aromatic carbocycles. The van der Waals surface area contributed by atoms with Gasteiger partial charge in [0.15, 0.2) is 0 Å². The lowest BCUT2D eigenvalue weighted by Gasteiger charge is -2.39. The fourth-order valence-corrected chi connectivity index (χ4v) is 6.01. The van der Waals surface area contributed by atoms with E-state index in [-0.39, 0.29) is 6.71 Å². The molecule has 1 aliphatic rings. The lowest BCUT2D eigenvalue weighted by atomic mass is 9.33. The Balaban J connectivity index is 1.89. The van der Waals surface area contributed by atoms with Crippen LogP contribution < -0.4 is 21.3 Å². The van der Waals surface area contributed by atoms with Crippen molar-refractivity contribution in [1.29, 1.82) is 5.26 Å². The van der Waals surface area contributed by atoms with Crippen molar-refractivity contribution >= 4 is 45.9 Å². The second kappa shape index (κ2) is 10.5. The average Bonchev–Trinajstić information content (AvgIpc) is 2.94. The van der Waals surface area contributed by atoms with E-state index in [1.165, 1.54) is 33.1 Å². The van der Waals surface area contributed by atoms with Crippen LogP contribution in [0.2, 0.25) is 0 Å². The minimum absolute atomic E-state index is 0.0373. The molecule has 0 spiro atoms. The maximum absolute atomic E-state index is 10.1. The highest BCUT2D eigenvalue weighted by molar-refractivity contribution is 6.98. The molecule has 0 aliphatic carbocycles. The first kappa shape index (κ1) is 26.3. The molecule has 192 valence electrons. The fraction of sp³-hybridized carbons (Fsp3) is 0.257. The number of para-hydroxylation sites is 3. The molecule has 0 N–H and O–H groups in total. The summed E-state index contributed by atoms with van der Waals surface area (Å²) in [7, 11) is 0. The van der Waals surface area contributed by atoms with Gasteiger partial charge in [0.05, 0.1) is 23.9 Å². The summed E-state index contributed by atoms with van der Waals surface area (Å²) < 4.78 is 0. The number of hydrogen-bond acceptors (Lipinski definition) is 2. The predicted octanol–water partition coefficient (Wildman–Crippen LogP) is 7.78. The zero-order valence-electron chi connectivity index (χ0n) is 23.7. The van der Waals surface area contributed by atoms with Crippen LogP contribution in [0.5, 0.6) is 0 Å². The van der Waals surface area contributed by atoms with Crippen LogP contribution in [-0.4, -0.2) is 6.71 Å². The fourth-order valence-electron chi connectivity index (χ4n) is 6.01. The van der Waals surface area contributed by atoms with Gasteiger partial charge in [0.1, 0.15) is 0 Å². The predicted molar refractivity (Wildman–Crippen MR) is 165 cm³/mol. The number of nitrogens with zero attached hydrogens (tertiary/aromatic N) is 3. The number of fused-ring (bicyclic) bond motifs is 2. The molecule has 0 unspecified atom stereocenters. The summed E-state index contributed by atoms with van der Waals surface area (Å²) in [5, 5.41) is 10.1. The van der Waals surface area contributed by atoms with Crippen molar-refractivity contribution in [2.45, 2.75) is 59.3 Å². The zero-order chi connectivity index (χ0) is 27.8. The quantitative estimate of drug-likeness (QED) is 0.180. The van der Waals surface area contributed by atoms with Gasteiger partial charge in [-0.25, -0.2) is 4.85 Å². The normalized spacial score (nSPS) is 12.4. The van der Waals surface area contributed by atoms with E-state index >= 15 is 0 Å². The number of nitriles is 1. The SMILES string of the molecule is [C-]#[N+]c1cccc(C#N)c1N1c2ccccc2B(c2c(C(C)C)cc(C(C)C)cc2C(C)C)c2ccccc21. The van der Waals surface area contributed by atoms with Crippen LogP contribution in [-0.2, 0) is 0 Å². The van der Waals surface area contributed by atoms with E-state index in [2.05, 4.69) is 118 Å². The Labute approximate surface area is 233 Å². The molecule has 39 heavy (non-hydrogen) atoms. The van der Waals surface area contributed by atoms with Gasteiger partial charge in [-0.1, -0.05) is 108 Å². The number of hydrogen-bond donors (Lipinski definition) is 0. The van der Waals surface area contributed by atoms with Crippen molar-refractivity contribution in [3.63, 3.8) is 0 Å². The van der Waals surface area contributed by atoms with Crippen LogP contribution in [0.1, 0.15) is 81.5 Å². The highest BCUT2D eigenvalue weighted by atomic mass is 15.2. The number of rotatable bonds is 5. The van der Waals surface area contributed by atoms with Gasteiger partial charge in [0.25, 0.3) is 0 Å². The molecule has 0 bridgehead atoms. The van der Waals surface area contributed by atoms with Crippen molar-refractivity contribution in [1.82, 2.24) is 0 Å². The molecule has 0 amide bonds. The van der Waals surface area contributed by atoms with Gasteiger partial charge in [0, 0.05) is 11.4 Å². The average molecular weight is 507 g/mol. The van der Waals surface area contributed by atoms with Crippen molar-refractivity contribution in [3.8, 4) is 6.07 Å². The van der Waals surface area contributed by atoms with E-state index in [0.29, 0.717) is 34.7 Å². The van der Waals surface area contributed by atoms with E-state index in [4.69, 9.17) is 6.57 Å². The lowest BCUT2D eigenvalue weighted by Crippen LogP contribution is -2.59. The minimum Gasteiger partial charge on any atom is -0.320 e. The Morgan fingerprint density at radius 1 is 0.744 bits per heavy atom. The third-order valence-corrected chi connectivity index (χ3v) is 7.92. The van der Waals surface area contributed by atoms with Crippen molar-refractivity contribution in [3.05, 3.63) is 113 Å². The van der Waals surface area contributed by atoms with Crippen molar-refractivity contribution in [2.24, 2.45) is 0 Å². The maximum Gasteiger partial charge on any atom is 0.247 e. The van der Waals surface area contributed by atoms with Crippen LogP contribution >= 0.6 is 0 Å². The number of anilines is 3. The number of benzene rings is 4. The van der Waals surface area contributed by atoms with Crippen LogP contribution in [0.25, 0.3) is 4.85 Å². The third-order valence-electron chi connectivity index (χ3n) is 7.92. The molecule has 1 heterocycles.